The number of hydrogen-bond donors (Lipinski definition) is 1. The van der Waals surface area contributed by atoms with Gasteiger partial charge in [-0.3, -0.25) is 9.69 Å². The van der Waals surface area contributed by atoms with E-state index in [0.29, 0.717) is 42.8 Å². The molecule has 4 fully saturated rings. The zero-order valence-corrected chi connectivity index (χ0v) is 23.3. The number of nitrogens with zero attached hydrogens (tertiary/aromatic N) is 4. The molecule has 4 saturated heterocycles. The van der Waals surface area contributed by atoms with Crippen LogP contribution in [0.3, 0.4) is 0 Å². The molecule has 3 aromatic rings. The Bertz CT molecular complexity index is 1640. The molecule has 0 spiro atoms. The van der Waals surface area contributed by atoms with E-state index in [0.717, 1.165) is 32.2 Å². The number of anilines is 1. The maximum absolute atomic E-state index is 16.6. The van der Waals surface area contributed by atoms with Gasteiger partial charge in [-0.15, -0.1) is 0 Å². The van der Waals surface area contributed by atoms with E-state index >= 15 is 8.78 Å². The molecular weight excluding hydrogens is 555 g/mol. The summed E-state index contributed by atoms with van der Waals surface area (Å²) in [5.41, 5.74) is -0.175. The minimum Gasteiger partial charge on any atom is -0.461 e. The molecule has 2 unspecified atom stereocenters. The van der Waals surface area contributed by atoms with E-state index in [2.05, 4.69) is 20.1 Å². The van der Waals surface area contributed by atoms with E-state index in [1.165, 1.54) is 6.07 Å². The third-order valence-corrected chi connectivity index (χ3v) is 10.2. The summed E-state index contributed by atoms with van der Waals surface area (Å²) in [6.45, 7) is 4.36. The summed E-state index contributed by atoms with van der Waals surface area (Å²) in [6.07, 6.45) is 3.33. The van der Waals surface area contributed by atoms with Crippen LogP contribution in [0.5, 0.6) is 6.01 Å². The summed E-state index contributed by atoms with van der Waals surface area (Å²) in [4.78, 5) is 27.0. The molecular formula is C30H29ClF3N5O2. The third-order valence-electron chi connectivity index (χ3n) is 9.76. The minimum atomic E-state index is -0.908. The first-order chi connectivity index (χ1) is 19.7. The molecule has 0 saturated carbocycles. The predicted molar refractivity (Wildman–Crippen MR) is 149 cm³/mol. The van der Waals surface area contributed by atoms with Crippen LogP contribution in [0.4, 0.5) is 19.0 Å². The number of carbonyl (C=O) groups excluding carboxylic acids is 1. The van der Waals surface area contributed by atoms with Crippen molar-refractivity contribution >= 4 is 34.1 Å². The Morgan fingerprint density at radius 3 is 2.68 bits per heavy atom. The molecule has 1 aliphatic carbocycles. The Morgan fingerprint density at radius 2 is 1.90 bits per heavy atom. The van der Waals surface area contributed by atoms with Crippen molar-refractivity contribution in [2.45, 2.75) is 62.8 Å². The van der Waals surface area contributed by atoms with Gasteiger partial charge in [-0.2, -0.15) is 9.97 Å². The smallest absolute Gasteiger partial charge is 0.319 e. The Morgan fingerprint density at radius 1 is 1.12 bits per heavy atom. The first-order valence-corrected chi connectivity index (χ1v) is 14.7. The van der Waals surface area contributed by atoms with Gasteiger partial charge in [0.1, 0.15) is 29.9 Å². The van der Waals surface area contributed by atoms with Crippen LogP contribution in [0.2, 0.25) is 5.02 Å². The van der Waals surface area contributed by atoms with Crippen LogP contribution in [0, 0.1) is 18.6 Å². The number of benzene rings is 2. The number of aryl methyl sites for hydroxylation is 1. The highest BCUT2D eigenvalue weighted by Crippen LogP contribution is 2.48. The number of piperazine rings is 1. The van der Waals surface area contributed by atoms with Gasteiger partial charge in [0.05, 0.1) is 16.1 Å². The van der Waals surface area contributed by atoms with E-state index in [1.807, 2.05) is 0 Å². The van der Waals surface area contributed by atoms with Crippen molar-refractivity contribution in [2.75, 3.05) is 37.7 Å². The highest BCUT2D eigenvalue weighted by molar-refractivity contribution is 6.38. The lowest BCUT2D eigenvalue weighted by Gasteiger charge is -2.34. The van der Waals surface area contributed by atoms with Gasteiger partial charge in [-0.1, -0.05) is 11.6 Å². The number of rotatable bonds is 4. The van der Waals surface area contributed by atoms with Gasteiger partial charge < -0.3 is 15.0 Å². The molecule has 5 heterocycles. The van der Waals surface area contributed by atoms with Gasteiger partial charge in [0, 0.05) is 60.2 Å². The molecule has 5 aliphatic rings. The normalized spacial score (nSPS) is 28.5. The lowest BCUT2D eigenvalue weighted by molar-refractivity contribution is 0.104. The fourth-order valence-electron chi connectivity index (χ4n) is 7.88. The van der Waals surface area contributed by atoms with E-state index in [9.17, 15) is 9.18 Å². The summed E-state index contributed by atoms with van der Waals surface area (Å²) in [5.74, 6) is -1.62. The Balaban J connectivity index is 1.28. The zero-order chi connectivity index (χ0) is 28.2. The molecule has 1 aromatic heterocycles. The lowest BCUT2D eigenvalue weighted by Crippen LogP contribution is -2.51. The number of ketones is 1. The van der Waals surface area contributed by atoms with Crippen molar-refractivity contribution < 1.29 is 22.7 Å². The van der Waals surface area contributed by atoms with Gasteiger partial charge in [-0.25, -0.2) is 13.2 Å². The van der Waals surface area contributed by atoms with Crippen LogP contribution in [-0.4, -0.2) is 77.2 Å². The van der Waals surface area contributed by atoms with Crippen molar-refractivity contribution in [3.05, 3.63) is 45.5 Å². The fraction of sp³-hybridized carbons (Fsp3) is 0.500. The van der Waals surface area contributed by atoms with Crippen LogP contribution in [-0.2, 0) is 0 Å². The molecule has 4 aliphatic heterocycles. The largest absolute Gasteiger partial charge is 0.461 e. The average Bonchev–Trinajstić information content (AvgIpc) is 3.66. The van der Waals surface area contributed by atoms with Gasteiger partial charge >= 0.3 is 6.01 Å². The molecule has 7 nitrogen and oxygen atoms in total. The number of aromatic nitrogens is 2. The maximum atomic E-state index is 16.6. The van der Waals surface area contributed by atoms with Crippen molar-refractivity contribution in [1.82, 2.24) is 20.2 Å². The second kappa shape index (κ2) is 9.02. The van der Waals surface area contributed by atoms with Gasteiger partial charge in [0.15, 0.2) is 11.6 Å². The molecule has 4 atom stereocenters. The predicted octanol–water partition coefficient (Wildman–Crippen LogP) is 4.98. The minimum absolute atomic E-state index is 0.00632. The molecule has 0 radical (unpaired) electrons. The van der Waals surface area contributed by atoms with Crippen molar-refractivity contribution in [3.63, 3.8) is 0 Å². The molecule has 2 aromatic carbocycles. The second-order valence-corrected chi connectivity index (χ2v) is 12.7. The first kappa shape index (κ1) is 25.7. The SMILES string of the molecule is Cc1cc(F)c2c(c1Cl)-c1c(cc3c(N4CC5CCC(C4)N5)nc(OC[C@@]45CCCN4C[C@H](F)C5)nc3c1F)C2=O. The van der Waals surface area contributed by atoms with Crippen molar-refractivity contribution in [1.29, 1.82) is 0 Å². The average molecular weight is 584 g/mol. The third kappa shape index (κ3) is 3.76. The summed E-state index contributed by atoms with van der Waals surface area (Å²) in [6, 6.07) is 3.33. The summed E-state index contributed by atoms with van der Waals surface area (Å²) in [5, 5.41) is 4.10. The molecule has 214 valence electrons. The van der Waals surface area contributed by atoms with Crippen molar-refractivity contribution in [2.24, 2.45) is 0 Å². The quantitative estimate of drug-likeness (QED) is 0.363. The number of halogens is 4. The maximum Gasteiger partial charge on any atom is 0.319 e. The fourth-order valence-corrected chi connectivity index (χ4v) is 8.12. The molecule has 0 amide bonds. The second-order valence-electron chi connectivity index (χ2n) is 12.3. The first-order valence-electron chi connectivity index (χ1n) is 14.3. The monoisotopic (exact) mass is 583 g/mol. The van der Waals surface area contributed by atoms with E-state index in [1.54, 1.807) is 13.0 Å². The molecule has 8 rings (SSSR count). The zero-order valence-electron chi connectivity index (χ0n) is 22.6. The molecule has 11 heteroatoms. The summed E-state index contributed by atoms with van der Waals surface area (Å²) >= 11 is 6.54. The molecule has 1 N–H and O–H groups in total. The highest BCUT2D eigenvalue weighted by Gasteiger charge is 2.49. The van der Waals surface area contributed by atoms with Crippen LogP contribution in [0.25, 0.3) is 22.0 Å². The number of hydrogen-bond acceptors (Lipinski definition) is 7. The van der Waals surface area contributed by atoms with Gasteiger partial charge in [0.25, 0.3) is 0 Å². The number of alkyl halides is 1. The summed E-state index contributed by atoms with van der Waals surface area (Å²) < 4.78 is 52.2. The van der Waals surface area contributed by atoms with Crippen LogP contribution < -0.4 is 15.0 Å². The Kier molecular flexibility index (Phi) is 5.66. The number of carbonyl (C=O) groups is 1. The van der Waals surface area contributed by atoms with Crippen LogP contribution in [0.1, 0.15) is 53.6 Å². The van der Waals surface area contributed by atoms with Crippen LogP contribution >= 0.6 is 11.6 Å². The topological polar surface area (TPSA) is 70.6 Å². The number of nitrogens with one attached hydrogen (secondary N) is 1. The Hall–Kier alpha value is -2.95. The van der Waals surface area contributed by atoms with E-state index in [4.69, 9.17) is 21.3 Å². The van der Waals surface area contributed by atoms with Gasteiger partial charge in [-0.05, 0) is 56.8 Å². The summed E-state index contributed by atoms with van der Waals surface area (Å²) in [7, 11) is 0. The number of ether oxygens (including phenoxy) is 1. The van der Waals surface area contributed by atoms with E-state index in [-0.39, 0.29) is 57.5 Å². The highest BCUT2D eigenvalue weighted by atomic mass is 35.5. The van der Waals surface area contributed by atoms with E-state index < -0.39 is 29.1 Å². The standard InChI is InChI=1S/C30H29ClF3N5O2/c1-14-7-20(33)22-23(24(14)31)21-18(27(22)40)8-19-26(25(21)34)36-29(37-28(19)38-11-16-3-4-17(12-38)35-16)41-13-30-5-2-6-39(30)10-15(32)9-30/h7-8,15-17,35H,2-6,9-13H2,1H3/t15-,16?,17?,30+/m1/s1. The van der Waals surface area contributed by atoms with Crippen molar-refractivity contribution in [3.8, 4) is 17.1 Å². The molecule has 41 heavy (non-hydrogen) atoms. The molecule has 2 bridgehead atoms. The number of fused-ring (bicyclic) bond motifs is 7. The van der Waals surface area contributed by atoms with Crippen LogP contribution in [0.15, 0.2) is 12.1 Å². The van der Waals surface area contributed by atoms with Gasteiger partial charge in [0.2, 0.25) is 0 Å². The lowest BCUT2D eigenvalue weighted by atomic mass is 9.95. The Labute approximate surface area is 240 Å².